The second-order valence-electron chi connectivity index (χ2n) is 8.23. The van der Waals surface area contributed by atoms with Crippen molar-refractivity contribution in [2.24, 2.45) is 0 Å². The number of carboxylic acids is 1. The molecule has 3 aromatic carbocycles. The maximum absolute atomic E-state index is 13.1. The Kier molecular flexibility index (Phi) is 6.81. The maximum atomic E-state index is 13.1. The Morgan fingerprint density at radius 1 is 1.00 bits per heavy atom. The van der Waals surface area contributed by atoms with Gasteiger partial charge in [0.15, 0.2) is 12.4 Å². The molecule has 0 amide bonds. The highest BCUT2D eigenvalue weighted by Crippen LogP contribution is 2.36. The lowest BCUT2D eigenvalue weighted by Gasteiger charge is -2.27. The van der Waals surface area contributed by atoms with Crippen LogP contribution in [0.1, 0.15) is 47.3 Å². The lowest BCUT2D eigenvalue weighted by molar-refractivity contribution is -0.139. The molecular formula is C26H25NO6S. The van der Waals surface area contributed by atoms with Crippen LogP contribution < -0.4 is 9.46 Å². The van der Waals surface area contributed by atoms with E-state index in [-0.39, 0.29) is 10.7 Å². The first-order valence-corrected chi connectivity index (χ1v) is 12.4. The fourth-order valence-corrected chi connectivity index (χ4v) is 5.44. The molecule has 3 aromatic rings. The van der Waals surface area contributed by atoms with Crippen molar-refractivity contribution >= 4 is 21.8 Å². The molecule has 0 saturated heterocycles. The van der Waals surface area contributed by atoms with Gasteiger partial charge in [-0.05, 0) is 66.6 Å². The molecule has 1 aliphatic carbocycles. The molecule has 0 heterocycles. The van der Waals surface area contributed by atoms with Crippen LogP contribution in [0.2, 0.25) is 0 Å². The van der Waals surface area contributed by atoms with E-state index >= 15 is 0 Å². The number of hydrogen-bond donors (Lipinski definition) is 2. The number of nitrogens with one attached hydrogen (secondary N) is 1. The van der Waals surface area contributed by atoms with Crippen molar-refractivity contribution in [3.8, 4) is 16.9 Å². The predicted molar refractivity (Wildman–Crippen MR) is 127 cm³/mol. The zero-order chi connectivity index (χ0) is 24.3. The average molecular weight is 480 g/mol. The van der Waals surface area contributed by atoms with Crippen LogP contribution in [0.25, 0.3) is 11.1 Å². The van der Waals surface area contributed by atoms with Gasteiger partial charge in [-0.25, -0.2) is 17.9 Å². The summed E-state index contributed by atoms with van der Waals surface area (Å²) in [6.45, 7) is 1.06. The van der Waals surface area contributed by atoms with E-state index in [4.69, 9.17) is 9.84 Å². The van der Waals surface area contributed by atoms with Crippen LogP contribution in [0.4, 0.5) is 0 Å². The summed E-state index contributed by atoms with van der Waals surface area (Å²) < 4.78 is 34.5. The van der Waals surface area contributed by atoms with E-state index in [0.29, 0.717) is 24.2 Å². The number of aliphatic carboxylic acids is 1. The predicted octanol–water partition coefficient (Wildman–Crippen LogP) is 4.38. The third kappa shape index (κ3) is 5.18. The number of carboxylic acid groups (broad SMARTS) is 1. The van der Waals surface area contributed by atoms with Crippen molar-refractivity contribution in [1.82, 2.24) is 4.72 Å². The van der Waals surface area contributed by atoms with Gasteiger partial charge in [-0.15, -0.1) is 0 Å². The van der Waals surface area contributed by atoms with Crippen LogP contribution in [-0.2, 0) is 21.2 Å². The number of carbonyl (C=O) groups excluding carboxylic acids is 1. The first-order chi connectivity index (χ1) is 16.2. The molecule has 0 aromatic heterocycles. The van der Waals surface area contributed by atoms with E-state index < -0.39 is 28.6 Å². The number of Topliss-reactive ketones (excluding diaryl/α,β-unsaturated/α-hetero) is 1. The number of ketones is 1. The fraction of sp³-hybridized carbons (Fsp3) is 0.231. The van der Waals surface area contributed by atoms with E-state index in [1.165, 1.54) is 6.92 Å². The molecule has 0 spiro atoms. The number of rotatable bonds is 8. The van der Waals surface area contributed by atoms with Gasteiger partial charge in [0.2, 0.25) is 10.0 Å². The van der Waals surface area contributed by atoms with Gasteiger partial charge in [0, 0.05) is 11.6 Å². The molecule has 0 fully saturated rings. The Bertz CT molecular complexity index is 1310. The monoisotopic (exact) mass is 479 g/mol. The number of carbonyl (C=O) groups is 2. The maximum Gasteiger partial charge on any atom is 0.341 e. The Hall–Kier alpha value is -3.49. The highest BCUT2D eigenvalue weighted by atomic mass is 32.2. The second-order valence-corrected chi connectivity index (χ2v) is 9.94. The minimum absolute atomic E-state index is 0.0103. The highest BCUT2D eigenvalue weighted by molar-refractivity contribution is 7.89. The summed E-state index contributed by atoms with van der Waals surface area (Å²) in [5.41, 5.74) is 4.00. The van der Waals surface area contributed by atoms with Gasteiger partial charge < -0.3 is 9.84 Å². The molecule has 0 aliphatic heterocycles. The van der Waals surface area contributed by atoms with Gasteiger partial charge in [0.1, 0.15) is 5.75 Å². The quantitative estimate of drug-likeness (QED) is 0.464. The van der Waals surface area contributed by atoms with E-state index in [0.717, 1.165) is 28.7 Å². The van der Waals surface area contributed by atoms with E-state index in [2.05, 4.69) is 4.72 Å². The summed E-state index contributed by atoms with van der Waals surface area (Å²) >= 11 is 0. The van der Waals surface area contributed by atoms with Crippen LogP contribution >= 0.6 is 0 Å². The normalized spacial score (nSPS) is 15.4. The first kappa shape index (κ1) is 23.7. The van der Waals surface area contributed by atoms with Crippen LogP contribution in [0.5, 0.6) is 5.75 Å². The van der Waals surface area contributed by atoms with E-state index in [1.807, 2.05) is 18.2 Å². The van der Waals surface area contributed by atoms with Crippen LogP contribution in [0, 0.1) is 0 Å². The summed E-state index contributed by atoms with van der Waals surface area (Å²) in [5.74, 6) is -0.600. The van der Waals surface area contributed by atoms with Gasteiger partial charge >= 0.3 is 5.97 Å². The van der Waals surface area contributed by atoms with Crippen molar-refractivity contribution in [1.29, 1.82) is 0 Å². The highest BCUT2D eigenvalue weighted by Gasteiger charge is 2.27. The molecule has 0 radical (unpaired) electrons. The fourth-order valence-electron chi connectivity index (χ4n) is 4.19. The second kappa shape index (κ2) is 9.79. The first-order valence-electron chi connectivity index (χ1n) is 10.9. The molecule has 176 valence electrons. The Morgan fingerprint density at radius 2 is 1.65 bits per heavy atom. The van der Waals surface area contributed by atoms with E-state index in [9.17, 15) is 18.0 Å². The number of ether oxygens (including phenoxy) is 1. The third-order valence-electron chi connectivity index (χ3n) is 5.90. The molecule has 2 N–H and O–H groups in total. The Morgan fingerprint density at radius 3 is 2.26 bits per heavy atom. The van der Waals surface area contributed by atoms with Gasteiger partial charge in [-0.1, -0.05) is 48.5 Å². The molecule has 1 atom stereocenters. The zero-order valence-electron chi connectivity index (χ0n) is 18.7. The average Bonchev–Trinajstić information content (AvgIpc) is 2.83. The lowest BCUT2D eigenvalue weighted by Crippen LogP contribution is -2.31. The SMILES string of the molecule is CC(=O)c1ccc(-c2ccc(S(=O)(=O)NC3CCCc4c(OCC(=O)O)cccc43)cc2)cc1. The summed E-state index contributed by atoms with van der Waals surface area (Å²) in [6.07, 6.45) is 2.08. The number of fused-ring (bicyclic) bond motifs is 1. The van der Waals surface area contributed by atoms with Crippen molar-refractivity contribution in [2.45, 2.75) is 37.1 Å². The van der Waals surface area contributed by atoms with Crippen molar-refractivity contribution in [3.63, 3.8) is 0 Å². The van der Waals surface area contributed by atoms with Crippen LogP contribution in [0.3, 0.4) is 0 Å². The Balaban J connectivity index is 1.53. The molecule has 1 aliphatic rings. The minimum Gasteiger partial charge on any atom is -0.482 e. The topological polar surface area (TPSA) is 110 Å². The molecule has 0 saturated carbocycles. The van der Waals surface area contributed by atoms with Gasteiger partial charge in [-0.3, -0.25) is 4.79 Å². The van der Waals surface area contributed by atoms with Gasteiger partial charge in [0.25, 0.3) is 0 Å². The smallest absolute Gasteiger partial charge is 0.341 e. The molecule has 34 heavy (non-hydrogen) atoms. The van der Waals surface area contributed by atoms with Crippen LogP contribution in [-0.4, -0.2) is 31.9 Å². The number of sulfonamides is 1. The van der Waals surface area contributed by atoms with Crippen molar-refractivity contribution in [2.75, 3.05) is 6.61 Å². The number of benzene rings is 3. The minimum atomic E-state index is -3.79. The molecule has 0 bridgehead atoms. The lowest BCUT2D eigenvalue weighted by atomic mass is 9.87. The van der Waals surface area contributed by atoms with Gasteiger partial charge in [-0.2, -0.15) is 0 Å². The summed E-state index contributed by atoms with van der Waals surface area (Å²) in [4.78, 5) is 22.5. The largest absolute Gasteiger partial charge is 0.482 e. The number of hydrogen-bond acceptors (Lipinski definition) is 5. The third-order valence-corrected chi connectivity index (χ3v) is 7.39. The molecular weight excluding hydrogens is 454 g/mol. The van der Waals surface area contributed by atoms with E-state index in [1.54, 1.807) is 48.5 Å². The summed E-state index contributed by atoms with van der Waals surface area (Å²) in [7, 11) is -3.79. The van der Waals surface area contributed by atoms with Crippen molar-refractivity contribution in [3.05, 3.63) is 83.4 Å². The standard InChI is InChI=1S/C26H25NO6S/c1-17(28)18-8-10-19(11-9-18)20-12-14-21(15-13-20)34(31,32)27-24-6-2-5-23-22(24)4-3-7-25(23)33-16-26(29)30/h3-4,7-15,24,27H,2,5-6,16H2,1H3,(H,29,30). The molecule has 7 nitrogen and oxygen atoms in total. The van der Waals surface area contributed by atoms with Crippen molar-refractivity contribution < 1.29 is 27.9 Å². The Labute approximate surface area is 198 Å². The van der Waals surface area contributed by atoms with Crippen LogP contribution in [0.15, 0.2) is 71.6 Å². The molecule has 4 rings (SSSR count). The zero-order valence-corrected chi connectivity index (χ0v) is 19.5. The summed E-state index contributed by atoms with van der Waals surface area (Å²) in [5, 5.41) is 8.91. The summed E-state index contributed by atoms with van der Waals surface area (Å²) in [6, 6.07) is 18.6. The molecule has 1 unspecified atom stereocenters. The van der Waals surface area contributed by atoms with Gasteiger partial charge in [0.05, 0.1) is 4.90 Å². The molecule has 8 heteroatoms.